The van der Waals surface area contributed by atoms with Crippen LogP contribution in [-0.4, -0.2) is 39.4 Å². The highest BCUT2D eigenvalue weighted by Crippen LogP contribution is 2.32. The molecule has 0 bridgehead atoms. The van der Waals surface area contributed by atoms with E-state index < -0.39 is 0 Å². The Hall–Kier alpha value is -1.79. The SMILES string of the molecule is COCCCOCCOc1cc2c(cc1N)NC(=O)CC2. The summed E-state index contributed by atoms with van der Waals surface area (Å²) in [5.41, 5.74) is 8.30. The third kappa shape index (κ3) is 4.61. The Kier molecular flexibility index (Phi) is 5.83. The highest BCUT2D eigenvalue weighted by molar-refractivity contribution is 5.94. The van der Waals surface area contributed by atoms with Crippen LogP contribution < -0.4 is 15.8 Å². The number of carbonyl (C=O) groups excluding carboxylic acids is 1. The lowest BCUT2D eigenvalue weighted by Crippen LogP contribution is -2.19. The smallest absolute Gasteiger partial charge is 0.224 e. The molecule has 1 aromatic carbocycles. The second kappa shape index (κ2) is 7.85. The van der Waals surface area contributed by atoms with Gasteiger partial charge in [-0.2, -0.15) is 0 Å². The molecule has 3 N–H and O–H groups in total. The molecule has 1 aliphatic rings. The van der Waals surface area contributed by atoms with Gasteiger partial charge in [0.05, 0.1) is 12.3 Å². The summed E-state index contributed by atoms with van der Waals surface area (Å²) in [7, 11) is 1.67. The van der Waals surface area contributed by atoms with Gasteiger partial charge in [-0.15, -0.1) is 0 Å². The number of nitrogens with two attached hydrogens (primary N) is 1. The van der Waals surface area contributed by atoms with E-state index in [1.54, 1.807) is 13.2 Å². The molecule has 1 heterocycles. The van der Waals surface area contributed by atoms with Crippen LogP contribution in [0, 0.1) is 0 Å². The van der Waals surface area contributed by atoms with E-state index in [9.17, 15) is 4.79 Å². The van der Waals surface area contributed by atoms with Gasteiger partial charge in [0.1, 0.15) is 12.4 Å². The Morgan fingerprint density at radius 2 is 2.05 bits per heavy atom. The molecule has 0 aromatic heterocycles. The molecular weight excluding hydrogens is 272 g/mol. The molecule has 0 saturated heterocycles. The third-order valence-corrected chi connectivity index (χ3v) is 3.25. The van der Waals surface area contributed by atoms with Crippen molar-refractivity contribution in [3.63, 3.8) is 0 Å². The van der Waals surface area contributed by atoms with Crippen molar-refractivity contribution in [2.45, 2.75) is 19.3 Å². The molecule has 6 heteroatoms. The molecule has 2 rings (SSSR count). The van der Waals surface area contributed by atoms with Crippen molar-refractivity contribution in [2.24, 2.45) is 0 Å². The lowest BCUT2D eigenvalue weighted by atomic mass is 10.0. The van der Waals surface area contributed by atoms with E-state index in [4.69, 9.17) is 19.9 Å². The molecule has 0 spiro atoms. The van der Waals surface area contributed by atoms with Crippen LogP contribution in [0.3, 0.4) is 0 Å². The quantitative estimate of drug-likeness (QED) is 0.562. The van der Waals surface area contributed by atoms with Gasteiger partial charge in [-0.05, 0) is 30.5 Å². The van der Waals surface area contributed by atoms with E-state index in [-0.39, 0.29) is 5.91 Å². The van der Waals surface area contributed by atoms with E-state index >= 15 is 0 Å². The number of nitrogens with one attached hydrogen (secondary N) is 1. The zero-order chi connectivity index (χ0) is 15.1. The Labute approximate surface area is 124 Å². The standard InChI is InChI=1S/C15H22N2O4/c1-19-5-2-6-20-7-8-21-14-9-11-3-4-15(18)17-13(11)10-12(14)16/h9-10H,2-8,16H2,1H3,(H,17,18). The van der Waals surface area contributed by atoms with Gasteiger partial charge >= 0.3 is 0 Å². The van der Waals surface area contributed by atoms with Gasteiger partial charge in [0, 0.05) is 32.4 Å². The first-order chi connectivity index (χ1) is 10.2. The number of anilines is 2. The molecule has 0 unspecified atom stereocenters. The van der Waals surface area contributed by atoms with Gasteiger partial charge in [0.2, 0.25) is 5.91 Å². The minimum atomic E-state index is 0.0278. The van der Waals surface area contributed by atoms with E-state index in [1.807, 2.05) is 6.07 Å². The molecule has 0 aliphatic carbocycles. The minimum absolute atomic E-state index is 0.0278. The van der Waals surface area contributed by atoms with E-state index in [0.29, 0.717) is 50.7 Å². The average molecular weight is 294 g/mol. The number of hydrogen-bond acceptors (Lipinski definition) is 5. The number of fused-ring (bicyclic) bond motifs is 1. The maximum absolute atomic E-state index is 11.3. The molecule has 1 aromatic rings. The first-order valence-corrected chi connectivity index (χ1v) is 7.12. The van der Waals surface area contributed by atoms with Crippen LogP contribution in [0.5, 0.6) is 5.75 Å². The summed E-state index contributed by atoms with van der Waals surface area (Å²) in [5, 5.41) is 2.81. The van der Waals surface area contributed by atoms with Crippen molar-refractivity contribution in [3.05, 3.63) is 17.7 Å². The van der Waals surface area contributed by atoms with Crippen LogP contribution in [0.1, 0.15) is 18.4 Å². The largest absolute Gasteiger partial charge is 0.489 e. The molecule has 0 atom stereocenters. The molecule has 0 saturated carbocycles. The minimum Gasteiger partial charge on any atom is -0.489 e. The summed E-state index contributed by atoms with van der Waals surface area (Å²) in [5.74, 6) is 0.672. The van der Waals surface area contributed by atoms with Gasteiger partial charge < -0.3 is 25.3 Å². The number of benzene rings is 1. The number of carbonyl (C=O) groups is 1. The van der Waals surface area contributed by atoms with E-state index in [2.05, 4.69) is 5.32 Å². The van der Waals surface area contributed by atoms with Gasteiger partial charge in [0.15, 0.2) is 0 Å². The van der Waals surface area contributed by atoms with Crippen molar-refractivity contribution < 1.29 is 19.0 Å². The fourth-order valence-corrected chi connectivity index (χ4v) is 2.17. The Morgan fingerprint density at radius 1 is 1.19 bits per heavy atom. The molecule has 6 nitrogen and oxygen atoms in total. The molecule has 116 valence electrons. The van der Waals surface area contributed by atoms with Crippen molar-refractivity contribution in [1.29, 1.82) is 0 Å². The van der Waals surface area contributed by atoms with Crippen molar-refractivity contribution in [3.8, 4) is 5.75 Å². The third-order valence-electron chi connectivity index (χ3n) is 3.25. The monoisotopic (exact) mass is 294 g/mol. The van der Waals surface area contributed by atoms with Crippen LogP contribution in [0.2, 0.25) is 0 Å². The average Bonchev–Trinajstić information content (AvgIpc) is 2.47. The molecule has 21 heavy (non-hydrogen) atoms. The number of hydrogen-bond donors (Lipinski definition) is 2. The summed E-state index contributed by atoms with van der Waals surface area (Å²) >= 11 is 0. The fourth-order valence-electron chi connectivity index (χ4n) is 2.17. The number of rotatable bonds is 8. The number of ether oxygens (including phenoxy) is 3. The molecule has 1 aliphatic heterocycles. The maximum Gasteiger partial charge on any atom is 0.224 e. The maximum atomic E-state index is 11.3. The highest BCUT2D eigenvalue weighted by atomic mass is 16.5. The summed E-state index contributed by atoms with van der Waals surface area (Å²) in [6.07, 6.45) is 2.08. The van der Waals surface area contributed by atoms with Crippen molar-refractivity contribution >= 4 is 17.3 Å². The zero-order valence-electron chi connectivity index (χ0n) is 12.3. The molecular formula is C15H22N2O4. The summed E-state index contributed by atoms with van der Waals surface area (Å²) in [6, 6.07) is 3.65. The van der Waals surface area contributed by atoms with E-state index in [0.717, 1.165) is 17.7 Å². The van der Waals surface area contributed by atoms with Crippen molar-refractivity contribution in [1.82, 2.24) is 0 Å². The normalized spacial score (nSPS) is 13.7. The van der Waals surface area contributed by atoms with Crippen LogP contribution in [0.15, 0.2) is 12.1 Å². The zero-order valence-corrected chi connectivity index (χ0v) is 12.3. The number of aryl methyl sites for hydroxylation is 1. The second-order valence-corrected chi connectivity index (χ2v) is 4.90. The molecule has 0 radical (unpaired) electrons. The first-order valence-electron chi connectivity index (χ1n) is 7.12. The highest BCUT2D eigenvalue weighted by Gasteiger charge is 2.17. The number of methoxy groups -OCH3 is 1. The van der Waals surface area contributed by atoms with Gasteiger partial charge in [-0.25, -0.2) is 0 Å². The van der Waals surface area contributed by atoms with Crippen molar-refractivity contribution in [2.75, 3.05) is 44.6 Å². The summed E-state index contributed by atoms with van der Waals surface area (Å²) in [4.78, 5) is 11.3. The van der Waals surface area contributed by atoms with Crippen LogP contribution in [0.25, 0.3) is 0 Å². The van der Waals surface area contributed by atoms with Crippen LogP contribution >= 0.6 is 0 Å². The van der Waals surface area contributed by atoms with Gasteiger partial charge in [-0.3, -0.25) is 4.79 Å². The molecule has 1 amide bonds. The first kappa shape index (κ1) is 15.6. The number of amides is 1. The molecule has 0 fully saturated rings. The topological polar surface area (TPSA) is 82.8 Å². The van der Waals surface area contributed by atoms with E-state index in [1.165, 1.54) is 0 Å². The second-order valence-electron chi connectivity index (χ2n) is 4.90. The lowest BCUT2D eigenvalue weighted by Gasteiger charge is -2.19. The van der Waals surface area contributed by atoms with Gasteiger partial charge in [-0.1, -0.05) is 0 Å². The Balaban J connectivity index is 1.80. The van der Waals surface area contributed by atoms with Gasteiger partial charge in [0.25, 0.3) is 0 Å². The summed E-state index contributed by atoms with van der Waals surface area (Å²) < 4.78 is 16.0. The predicted octanol–water partition coefficient (Wildman–Crippen LogP) is 1.59. The van der Waals surface area contributed by atoms with Crippen LogP contribution in [0.4, 0.5) is 11.4 Å². The lowest BCUT2D eigenvalue weighted by molar-refractivity contribution is -0.116. The predicted molar refractivity (Wildman–Crippen MR) is 80.6 cm³/mol. The fraction of sp³-hybridized carbons (Fsp3) is 0.533. The Morgan fingerprint density at radius 3 is 2.86 bits per heavy atom. The Bertz CT molecular complexity index is 491. The number of nitrogen functional groups attached to an aromatic ring is 1. The summed E-state index contributed by atoms with van der Waals surface area (Å²) in [6.45, 7) is 2.31. The van der Waals surface area contributed by atoms with Crippen LogP contribution in [-0.2, 0) is 20.7 Å².